The van der Waals surface area contributed by atoms with Crippen molar-refractivity contribution in [2.75, 3.05) is 0 Å². The normalized spacial score (nSPS) is 11.0. The molecule has 0 fully saturated rings. The van der Waals surface area contributed by atoms with Gasteiger partial charge in [0.2, 0.25) is 0 Å². The summed E-state index contributed by atoms with van der Waals surface area (Å²) in [5, 5.41) is 0. The Labute approximate surface area is 113 Å². The molecular weight excluding hydrogens is 290 g/mol. The Morgan fingerprint density at radius 1 is 1.17 bits per heavy atom. The first kappa shape index (κ1) is 11.4. The molecule has 90 valence electrons. The fourth-order valence-corrected chi connectivity index (χ4v) is 2.25. The van der Waals surface area contributed by atoms with Crippen LogP contribution in [0.5, 0.6) is 0 Å². The molecule has 4 heteroatoms. The standard InChI is InChI=1S/C14H12BrN3/c15-12-5-3-10(4-6-12)13-9-18-7-1-2-11(8-16)14(18)17-13/h1-7,9H,8,16H2. The van der Waals surface area contributed by atoms with Crippen molar-refractivity contribution in [3.63, 3.8) is 0 Å². The van der Waals surface area contributed by atoms with E-state index in [9.17, 15) is 0 Å². The Hall–Kier alpha value is -1.65. The van der Waals surface area contributed by atoms with E-state index in [0.29, 0.717) is 6.54 Å². The highest BCUT2D eigenvalue weighted by molar-refractivity contribution is 9.10. The molecule has 0 bridgehead atoms. The number of rotatable bonds is 2. The zero-order chi connectivity index (χ0) is 12.5. The number of benzene rings is 1. The van der Waals surface area contributed by atoms with Crippen molar-refractivity contribution >= 4 is 21.6 Å². The first-order valence-corrected chi connectivity index (χ1v) is 6.50. The van der Waals surface area contributed by atoms with E-state index in [1.165, 1.54) is 0 Å². The van der Waals surface area contributed by atoms with Gasteiger partial charge in [-0.15, -0.1) is 0 Å². The van der Waals surface area contributed by atoms with Crippen molar-refractivity contribution in [3.05, 3.63) is 58.8 Å². The van der Waals surface area contributed by atoms with E-state index in [1.54, 1.807) is 0 Å². The number of hydrogen-bond donors (Lipinski definition) is 1. The molecule has 0 radical (unpaired) electrons. The summed E-state index contributed by atoms with van der Waals surface area (Å²) in [7, 11) is 0. The van der Waals surface area contributed by atoms with Crippen LogP contribution in [-0.4, -0.2) is 9.38 Å². The number of nitrogens with zero attached hydrogens (tertiary/aromatic N) is 2. The van der Waals surface area contributed by atoms with Crippen LogP contribution in [0.25, 0.3) is 16.9 Å². The summed E-state index contributed by atoms with van der Waals surface area (Å²) in [6, 6.07) is 12.1. The first-order valence-electron chi connectivity index (χ1n) is 5.70. The average Bonchev–Trinajstić information content (AvgIpc) is 2.83. The lowest BCUT2D eigenvalue weighted by Gasteiger charge is -1.98. The van der Waals surface area contributed by atoms with E-state index in [-0.39, 0.29) is 0 Å². The molecule has 3 aromatic rings. The van der Waals surface area contributed by atoms with Gasteiger partial charge in [-0.25, -0.2) is 4.98 Å². The molecule has 0 aliphatic heterocycles. The Morgan fingerprint density at radius 3 is 2.67 bits per heavy atom. The minimum absolute atomic E-state index is 0.501. The molecule has 0 unspecified atom stereocenters. The molecule has 1 aromatic carbocycles. The van der Waals surface area contributed by atoms with E-state index < -0.39 is 0 Å². The SMILES string of the molecule is NCc1cccn2cc(-c3ccc(Br)cc3)nc12. The molecular formula is C14H12BrN3. The summed E-state index contributed by atoms with van der Waals surface area (Å²) in [5.74, 6) is 0. The van der Waals surface area contributed by atoms with Gasteiger partial charge in [-0.1, -0.05) is 34.1 Å². The molecule has 0 atom stereocenters. The first-order chi connectivity index (χ1) is 8.78. The van der Waals surface area contributed by atoms with Gasteiger partial charge >= 0.3 is 0 Å². The Bertz CT molecular complexity index is 686. The van der Waals surface area contributed by atoms with Crippen molar-refractivity contribution in [2.45, 2.75) is 6.54 Å². The molecule has 3 rings (SSSR count). The molecule has 3 nitrogen and oxygen atoms in total. The summed E-state index contributed by atoms with van der Waals surface area (Å²) in [6.45, 7) is 0.501. The molecule has 2 heterocycles. The van der Waals surface area contributed by atoms with Crippen LogP contribution in [0.15, 0.2) is 53.3 Å². The minimum atomic E-state index is 0.501. The van der Waals surface area contributed by atoms with Gasteiger partial charge in [0.1, 0.15) is 5.65 Å². The molecule has 2 N–H and O–H groups in total. The quantitative estimate of drug-likeness (QED) is 0.790. The lowest BCUT2D eigenvalue weighted by Crippen LogP contribution is -1.99. The zero-order valence-electron chi connectivity index (χ0n) is 9.68. The summed E-state index contributed by atoms with van der Waals surface area (Å²) < 4.78 is 3.08. The number of fused-ring (bicyclic) bond motifs is 1. The predicted molar refractivity (Wildman–Crippen MR) is 76.2 cm³/mol. The number of imidazole rings is 1. The minimum Gasteiger partial charge on any atom is -0.326 e. The zero-order valence-corrected chi connectivity index (χ0v) is 11.3. The maximum absolute atomic E-state index is 5.72. The van der Waals surface area contributed by atoms with Gasteiger partial charge in [-0.05, 0) is 18.2 Å². The van der Waals surface area contributed by atoms with E-state index in [2.05, 4.69) is 20.9 Å². The lowest BCUT2D eigenvalue weighted by atomic mass is 10.2. The van der Waals surface area contributed by atoms with E-state index in [0.717, 1.165) is 26.9 Å². The number of hydrogen-bond acceptors (Lipinski definition) is 2. The Kier molecular flexibility index (Phi) is 2.89. The fraction of sp³-hybridized carbons (Fsp3) is 0.0714. The fourth-order valence-electron chi connectivity index (χ4n) is 1.99. The monoisotopic (exact) mass is 301 g/mol. The summed E-state index contributed by atoms with van der Waals surface area (Å²) >= 11 is 3.43. The van der Waals surface area contributed by atoms with Crippen LogP contribution in [0.2, 0.25) is 0 Å². The topological polar surface area (TPSA) is 43.3 Å². The number of halogens is 1. The van der Waals surface area contributed by atoms with Crippen molar-refractivity contribution < 1.29 is 0 Å². The molecule has 0 saturated heterocycles. The second kappa shape index (κ2) is 4.55. The maximum Gasteiger partial charge on any atom is 0.141 e. The summed E-state index contributed by atoms with van der Waals surface area (Å²) in [4.78, 5) is 4.65. The molecule has 0 aliphatic carbocycles. The third kappa shape index (κ3) is 1.94. The Morgan fingerprint density at radius 2 is 1.94 bits per heavy atom. The predicted octanol–water partition coefficient (Wildman–Crippen LogP) is 3.22. The van der Waals surface area contributed by atoms with E-state index in [1.807, 2.05) is 53.2 Å². The highest BCUT2D eigenvalue weighted by Crippen LogP contribution is 2.22. The van der Waals surface area contributed by atoms with Crippen molar-refractivity contribution in [2.24, 2.45) is 5.73 Å². The second-order valence-corrected chi connectivity index (χ2v) is 5.02. The van der Waals surface area contributed by atoms with Gasteiger partial charge in [-0.3, -0.25) is 0 Å². The van der Waals surface area contributed by atoms with Gasteiger partial charge in [0.15, 0.2) is 0 Å². The second-order valence-electron chi connectivity index (χ2n) is 4.10. The van der Waals surface area contributed by atoms with Crippen molar-refractivity contribution in [1.29, 1.82) is 0 Å². The maximum atomic E-state index is 5.72. The van der Waals surface area contributed by atoms with Gasteiger partial charge in [0.05, 0.1) is 5.69 Å². The average molecular weight is 302 g/mol. The van der Waals surface area contributed by atoms with Gasteiger partial charge < -0.3 is 10.1 Å². The number of aromatic nitrogens is 2. The largest absolute Gasteiger partial charge is 0.326 e. The van der Waals surface area contributed by atoms with E-state index >= 15 is 0 Å². The van der Waals surface area contributed by atoms with E-state index in [4.69, 9.17) is 5.73 Å². The summed E-state index contributed by atoms with van der Waals surface area (Å²) in [6.07, 6.45) is 4.02. The third-order valence-corrected chi connectivity index (χ3v) is 3.45. The van der Waals surface area contributed by atoms with Crippen LogP contribution in [0.4, 0.5) is 0 Å². The van der Waals surface area contributed by atoms with Crippen LogP contribution in [0.3, 0.4) is 0 Å². The molecule has 0 spiro atoms. The molecule has 0 aliphatic rings. The molecule has 18 heavy (non-hydrogen) atoms. The smallest absolute Gasteiger partial charge is 0.141 e. The van der Waals surface area contributed by atoms with Crippen LogP contribution in [0, 0.1) is 0 Å². The molecule has 0 saturated carbocycles. The van der Waals surface area contributed by atoms with Gasteiger partial charge in [-0.2, -0.15) is 0 Å². The van der Waals surface area contributed by atoms with Crippen molar-refractivity contribution in [1.82, 2.24) is 9.38 Å². The third-order valence-electron chi connectivity index (χ3n) is 2.92. The van der Waals surface area contributed by atoms with Gasteiger partial charge in [0, 0.05) is 34.5 Å². The van der Waals surface area contributed by atoms with Crippen LogP contribution >= 0.6 is 15.9 Å². The highest BCUT2D eigenvalue weighted by Gasteiger charge is 2.06. The Balaban J connectivity index is 2.16. The van der Waals surface area contributed by atoms with Crippen molar-refractivity contribution in [3.8, 4) is 11.3 Å². The number of nitrogens with two attached hydrogens (primary N) is 1. The summed E-state index contributed by atoms with van der Waals surface area (Å²) in [5.41, 5.74) is 9.77. The number of pyridine rings is 1. The van der Waals surface area contributed by atoms with Gasteiger partial charge in [0.25, 0.3) is 0 Å². The lowest BCUT2D eigenvalue weighted by molar-refractivity contribution is 1.04. The highest BCUT2D eigenvalue weighted by atomic mass is 79.9. The molecule has 0 amide bonds. The van der Waals surface area contributed by atoms with Crippen LogP contribution in [0.1, 0.15) is 5.56 Å². The van der Waals surface area contributed by atoms with Crippen LogP contribution < -0.4 is 5.73 Å². The molecule has 2 aromatic heterocycles. The van der Waals surface area contributed by atoms with Crippen LogP contribution in [-0.2, 0) is 6.54 Å².